The lowest BCUT2D eigenvalue weighted by Gasteiger charge is -2.10. The number of carbonyl (C=O) groups excluding carboxylic acids is 3. The van der Waals surface area contributed by atoms with Gasteiger partial charge in [-0.1, -0.05) is 36.4 Å². The monoisotopic (exact) mass is 405 g/mol. The molecule has 30 heavy (non-hydrogen) atoms. The van der Waals surface area contributed by atoms with E-state index in [4.69, 9.17) is 4.74 Å². The molecule has 0 aliphatic heterocycles. The molecule has 0 unspecified atom stereocenters. The molecule has 3 aromatic carbocycles. The van der Waals surface area contributed by atoms with E-state index in [2.05, 4.69) is 16.0 Å². The summed E-state index contributed by atoms with van der Waals surface area (Å²) in [6, 6.07) is 20.0. The number of nitrogens with one attached hydrogen (secondary N) is 3. The summed E-state index contributed by atoms with van der Waals surface area (Å²) >= 11 is 0. The number of anilines is 1. The second-order valence-electron chi connectivity index (χ2n) is 6.63. The van der Waals surface area contributed by atoms with Crippen LogP contribution in [0.3, 0.4) is 0 Å². The van der Waals surface area contributed by atoms with Gasteiger partial charge in [0.15, 0.2) is 6.61 Å². The molecule has 0 saturated carbocycles. The van der Waals surface area contributed by atoms with Crippen molar-refractivity contribution in [2.45, 2.75) is 6.92 Å². The maximum Gasteiger partial charge on any atom is 0.262 e. The molecule has 7 nitrogen and oxygen atoms in total. The first-order chi connectivity index (χ1) is 14.5. The minimum Gasteiger partial charge on any atom is -0.483 e. The Bertz CT molecular complexity index is 1040. The molecule has 3 amide bonds. The van der Waals surface area contributed by atoms with E-state index in [1.165, 1.54) is 6.92 Å². The maximum absolute atomic E-state index is 12.2. The van der Waals surface area contributed by atoms with Crippen LogP contribution in [0.4, 0.5) is 5.69 Å². The van der Waals surface area contributed by atoms with E-state index in [1.54, 1.807) is 24.3 Å². The molecule has 3 rings (SSSR count). The van der Waals surface area contributed by atoms with E-state index in [9.17, 15) is 14.4 Å². The third kappa shape index (κ3) is 5.81. The van der Waals surface area contributed by atoms with Crippen LogP contribution < -0.4 is 20.7 Å². The van der Waals surface area contributed by atoms with Gasteiger partial charge >= 0.3 is 0 Å². The van der Waals surface area contributed by atoms with Crippen molar-refractivity contribution >= 4 is 34.2 Å². The van der Waals surface area contributed by atoms with Crippen LogP contribution in [0.5, 0.6) is 5.75 Å². The molecule has 7 heteroatoms. The molecule has 0 atom stereocenters. The molecule has 0 radical (unpaired) electrons. The lowest BCUT2D eigenvalue weighted by molar-refractivity contribution is -0.119. The Morgan fingerprint density at radius 2 is 1.53 bits per heavy atom. The average molecular weight is 405 g/mol. The Labute approximate surface area is 174 Å². The topological polar surface area (TPSA) is 96.5 Å². The second-order valence-corrected chi connectivity index (χ2v) is 6.63. The number of ether oxygens (including phenoxy) is 1. The SMILES string of the molecule is CC(=O)NCCNC(=O)c1ccc(NC(=O)COc2cccc3ccccc23)cc1. The number of carbonyl (C=O) groups is 3. The van der Waals surface area contributed by atoms with Gasteiger partial charge in [0.25, 0.3) is 11.8 Å². The van der Waals surface area contributed by atoms with Gasteiger partial charge in [0.1, 0.15) is 5.75 Å². The minimum atomic E-state index is -0.296. The number of rotatable bonds is 8. The summed E-state index contributed by atoms with van der Waals surface area (Å²) in [5.41, 5.74) is 1.03. The van der Waals surface area contributed by atoms with Crippen molar-refractivity contribution in [1.82, 2.24) is 10.6 Å². The van der Waals surface area contributed by atoms with Crippen molar-refractivity contribution < 1.29 is 19.1 Å². The fraction of sp³-hybridized carbons (Fsp3) is 0.174. The Hall–Kier alpha value is -3.87. The molecule has 3 aromatic rings. The molecule has 0 heterocycles. The highest BCUT2D eigenvalue weighted by Crippen LogP contribution is 2.25. The number of hydrogen-bond donors (Lipinski definition) is 3. The lowest BCUT2D eigenvalue weighted by Crippen LogP contribution is -2.33. The number of amides is 3. The van der Waals surface area contributed by atoms with E-state index in [0.29, 0.717) is 30.1 Å². The molecule has 0 aliphatic rings. The number of benzene rings is 3. The number of hydrogen-bond acceptors (Lipinski definition) is 4. The summed E-state index contributed by atoms with van der Waals surface area (Å²) in [5, 5.41) is 10.0. The van der Waals surface area contributed by atoms with Crippen molar-refractivity contribution in [3.8, 4) is 5.75 Å². The molecular weight excluding hydrogens is 382 g/mol. The van der Waals surface area contributed by atoms with Gasteiger partial charge in [0.2, 0.25) is 5.91 Å². The first-order valence-electron chi connectivity index (χ1n) is 9.56. The smallest absolute Gasteiger partial charge is 0.262 e. The minimum absolute atomic E-state index is 0.126. The van der Waals surface area contributed by atoms with E-state index in [0.717, 1.165) is 10.8 Å². The predicted octanol–water partition coefficient (Wildman–Crippen LogP) is 2.72. The van der Waals surface area contributed by atoms with Crippen LogP contribution in [0.15, 0.2) is 66.7 Å². The number of fused-ring (bicyclic) bond motifs is 1. The van der Waals surface area contributed by atoms with Crippen LogP contribution in [0.2, 0.25) is 0 Å². The summed E-state index contributed by atoms with van der Waals surface area (Å²) < 4.78 is 5.68. The van der Waals surface area contributed by atoms with Gasteiger partial charge in [-0.15, -0.1) is 0 Å². The lowest BCUT2D eigenvalue weighted by atomic mass is 10.1. The van der Waals surface area contributed by atoms with Crippen molar-refractivity contribution in [2.75, 3.05) is 25.0 Å². The molecule has 154 valence electrons. The molecule has 0 aromatic heterocycles. The Morgan fingerprint density at radius 3 is 2.30 bits per heavy atom. The van der Waals surface area contributed by atoms with Crippen molar-refractivity contribution in [1.29, 1.82) is 0 Å². The summed E-state index contributed by atoms with van der Waals surface area (Å²) in [4.78, 5) is 35.1. The summed E-state index contributed by atoms with van der Waals surface area (Å²) in [5.74, 6) is -0.0451. The molecule has 0 fully saturated rings. The van der Waals surface area contributed by atoms with E-state index in [-0.39, 0.29) is 24.3 Å². The van der Waals surface area contributed by atoms with Crippen molar-refractivity contribution in [3.05, 3.63) is 72.3 Å². The van der Waals surface area contributed by atoms with Crippen LogP contribution in [-0.4, -0.2) is 37.4 Å². The summed E-state index contributed by atoms with van der Waals surface area (Å²) in [6.45, 7) is 2.00. The zero-order valence-corrected chi connectivity index (χ0v) is 16.6. The van der Waals surface area contributed by atoms with Crippen LogP contribution in [0, 0.1) is 0 Å². The standard InChI is InChI=1S/C23H23N3O4/c1-16(27)24-13-14-25-23(29)18-9-11-19(12-10-18)26-22(28)15-30-21-8-4-6-17-5-2-3-7-20(17)21/h2-12H,13-15H2,1H3,(H,24,27)(H,25,29)(H,26,28). The van der Waals surface area contributed by atoms with Gasteiger partial charge in [0, 0.05) is 36.7 Å². The quantitative estimate of drug-likeness (QED) is 0.502. The van der Waals surface area contributed by atoms with Crippen LogP contribution in [0.1, 0.15) is 17.3 Å². The molecule has 0 bridgehead atoms. The zero-order valence-electron chi connectivity index (χ0n) is 16.6. The summed E-state index contributed by atoms with van der Waals surface area (Å²) in [6.07, 6.45) is 0. The predicted molar refractivity (Wildman–Crippen MR) is 116 cm³/mol. The zero-order chi connectivity index (χ0) is 21.3. The fourth-order valence-corrected chi connectivity index (χ4v) is 2.88. The molecule has 0 aliphatic carbocycles. The summed E-state index contributed by atoms with van der Waals surface area (Å²) in [7, 11) is 0. The van der Waals surface area contributed by atoms with E-state index in [1.807, 2.05) is 42.5 Å². The van der Waals surface area contributed by atoms with Gasteiger partial charge in [-0.25, -0.2) is 0 Å². The molecule has 0 spiro atoms. The van der Waals surface area contributed by atoms with Gasteiger partial charge < -0.3 is 20.7 Å². The molecular formula is C23H23N3O4. The Morgan fingerprint density at radius 1 is 0.833 bits per heavy atom. The first-order valence-corrected chi connectivity index (χ1v) is 9.56. The van der Waals surface area contributed by atoms with Crippen molar-refractivity contribution in [2.24, 2.45) is 0 Å². The van der Waals surface area contributed by atoms with Gasteiger partial charge in [-0.2, -0.15) is 0 Å². The molecule has 0 saturated heterocycles. The van der Waals surface area contributed by atoms with Crippen LogP contribution >= 0.6 is 0 Å². The van der Waals surface area contributed by atoms with E-state index < -0.39 is 0 Å². The Kier molecular flexibility index (Phi) is 7.00. The average Bonchev–Trinajstić information content (AvgIpc) is 2.75. The normalized spacial score (nSPS) is 10.3. The third-order valence-corrected chi connectivity index (χ3v) is 4.32. The van der Waals surface area contributed by atoms with Crippen LogP contribution in [0.25, 0.3) is 10.8 Å². The maximum atomic E-state index is 12.2. The Balaban J connectivity index is 1.49. The fourth-order valence-electron chi connectivity index (χ4n) is 2.88. The van der Waals surface area contributed by atoms with Crippen molar-refractivity contribution in [3.63, 3.8) is 0 Å². The van der Waals surface area contributed by atoms with E-state index >= 15 is 0 Å². The highest BCUT2D eigenvalue weighted by molar-refractivity contribution is 5.96. The first kappa shape index (κ1) is 20.9. The second kappa shape index (κ2) is 10.1. The third-order valence-electron chi connectivity index (χ3n) is 4.32. The van der Waals surface area contributed by atoms with Gasteiger partial charge in [-0.3, -0.25) is 14.4 Å². The van der Waals surface area contributed by atoms with Crippen LogP contribution in [-0.2, 0) is 9.59 Å². The van der Waals surface area contributed by atoms with Gasteiger partial charge in [0.05, 0.1) is 0 Å². The molecule has 3 N–H and O–H groups in total. The van der Waals surface area contributed by atoms with Gasteiger partial charge in [-0.05, 0) is 35.7 Å². The highest BCUT2D eigenvalue weighted by Gasteiger charge is 2.08. The largest absolute Gasteiger partial charge is 0.483 e. The highest BCUT2D eigenvalue weighted by atomic mass is 16.5.